The summed E-state index contributed by atoms with van der Waals surface area (Å²) >= 11 is 0. The maximum absolute atomic E-state index is 8.62. The highest BCUT2D eigenvalue weighted by atomic mass is 16.5. The Morgan fingerprint density at radius 3 is 2.56 bits per heavy atom. The first-order valence-electron chi connectivity index (χ1n) is 5.99. The van der Waals surface area contributed by atoms with Gasteiger partial charge in [-0.15, -0.1) is 0 Å². The summed E-state index contributed by atoms with van der Waals surface area (Å²) in [7, 11) is 0. The van der Waals surface area contributed by atoms with Crippen LogP contribution in [0.4, 0.5) is 0 Å². The molecule has 2 N–H and O–H groups in total. The summed E-state index contributed by atoms with van der Waals surface area (Å²) in [6, 6.07) is 0. The van der Waals surface area contributed by atoms with Crippen LogP contribution in [0.25, 0.3) is 0 Å². The van der Waals surface area contributed by atoms with Crippen molar-refractivity contribution < 1.29 is 9.63 Å². The fourth-order valence-corrected chi connectivity index (χ4v) is 1.68. The number of aliphatic hydroxyl groups is 1. The molecule has 0 spiro atoms. The molecule has 0 bridgehead atoms. The third-order valence-electron chi connectivity index (χ3n) is 2.74. The van der Waals surface area contributed by atoms with Gasteiger partial charge in [0.1, 0.15) is 5.76 Å². The molecule has 0 fully saturated rings. The number of hydrogen-bond donors (Lipinski definition) is 2. The fraction of sp³-hybridized carbons (Fsp3) is 0.750. The summed E-state index contributed by atoms with van der Waals surface area (Å²) in [6.45, 7) is 6.07. The van der Waals surface area contributed by atoms with Crippen LogP contribution >= 0.6 is 0 Å². The van der Waals surface area contributed by atoms with Crippen molar-refractivity contribution in [3.05, 3.63) is 17.0 Å². The molecule has 16 heavy (non-hydrogen) atoms. The van der Waals surface area contributed by atoms with E-state index in [1.165, 1.54) is 12.0 Å². The van der Waals surface area contributed by atoms with E-state index in [0.29, 0.717) is 6.61 Å². The zero-order chi connectivity index (χ0) is 11.8. The second kappa shape index (κ2) is 7.41. The SMILES string of the molecule is Cc1noc(C)c1CNCCCCCCO. The lowest BCUT2D eigenvalue weighted by Crippen LogP contribution is -2.15. The van der Waals surface area contributed by atoms with Gasteiger partial charge in [0.2, 0.25) is 0 Å². The maximum Gasteiger partial charge on any atom is 0.138 e. The van der Waals surface area contributed by atoms with E-state index in [4.69, 9.17) is 9.63 Å². The molecule has 0 amide bonds. The molecule has 92 valence electrons. The molecule has 1 aromatic heterocycles. The molecular weight excluding hydrogens is 204 g/mol. The first kappa shape index (κ1) is 13.2. The van der Waals surface area contributed by atoms with Gasteiger partial charge in [-0.25, -0.2) is 0 Å². The first-order valence-corrected chi connectivity index (χ1v) is 5.99. The first-order chi connectivity index (χ1) is 7.75. The number of aromatic nitrogens is 1. The summed E-state index contributed by atoms with van der Waals surface area (Å²) in [6.07, 6.45) is 4.37. The molecule has 1 aromatic rings. The van der Waals surface area contributed by atoms with Crippen LogP contribution in [-0.2, 0) is 6.54 Å². The Morgan fingerprint density at radius 1 is 1.19 bits per heavy atom. The highest BCUT2D eigenvalue weighted by molar-refractivity contribution is 5.20. The Balaban J connectivity index is 2.07. The van der Waals surface area contributed by atoms with E-state index in [-0.39, 0.29) is 0 Å². The van der Waals surface area contributed by atoms with E-state index in [9.17, 15) is 0 Å². The third kappa shape index (κ3) is 4.33. The number of hydrogen-bond acceptors (Lipinski definition) is 4. The molecule has 0 saturated carbocycles. The number of nitrogens with zero attached hydrogens (tertiary/aromatic N) is 1. The normalized spacial score (nSPS) is 10.9. The lowest BCUT2D eigenvalue weighted by molar-refractivity contribution is 0.282. The summed E-state index contributed by atoms with van der Waals surface area (Å²) in [5, 5.41) is 15.9. The van der Waals surface area contributed by atoms with Crippen LogP contribution in [0, 0.1) is 13.8 Å². The topological polar surface area (TPSA) is 58.3 Å². The second-order valence-corrected chi connectivity index (χ2v) is 4.12. The number of aliphatic hydroxyl groups excluding tert-OH is 1. The van der Waals surface area contributed by atoms with Crippen LogP contribution in [-0.4, -0.2) is 23.4 Å². The van der Waals surface area contributed by atoms with Crippen molar-refractivity contribution in [2.75, 3.05) is 13.2 Å². The van der Waals surface area contributed by atoms with Crippen LogP contribution in [0.2, 0.25) is 0 Å². The van der Waals surface area contributed by atoms with Crippen LogP contribution in [0.5, 0.6) is 0 Å². The van der Waals surface area contributed by atoms with Crippen molar-refractivity contribution in [3.8, 4) is 0 Å². The molecule has 0 aliphatic heterocycles. The number of nitrogens with one attached hydrogen (secondary N) is 1. The average molecular weight is 226 g/mol. The minimum atomic E-state index is 0.312. The molecule has 0 radical (unpaired) electrons. The van der Waals surface area contributed by atoms with Crippen LogP contribution in [0.3, 0.4) is 0 Å². The van der Waals surface area contributed by atoms with Gasteiger partial charge in [-0.3, -0.25) is 0 Å². The Morgan fingerprint density at radius 2 is 1.94 bits per heavy atom. The summed E-state index contributed by atoms with van der Waals surface area (Å²) < 4.78 is 5.09. The zero-order valence-corrected chi connectivity index (χ0v) is 10.3. The van der Waals surface area contributed by atoms with Crippen molar-refractivity contribution in [2.45, 2.75) is 46.1 Å². The van der Waals surface area contributed by atoms with Crippen molar-refractivity contribution >= 4 is 0 Å². The number of unbranched alkanes of at least 4 members (excludes halogenated alkanes) is 3. The Kier molecular flexibility index (Phi) is 6.11. The maximum atomic E-state index is 8.62. The van der Waals surface area contributed by atoms with Crippen molar-refractivity contribution in [1.29, 1.82) is 0 Å². The number of rotatable bonds is 8. The molecule has 0 atom stereocenters. The highest BCUT2D eigenvalue weighted by Crippen LogP contribution is 2.11. The minimum absolute atomic E-state index is 0.312. The van der Waals surface area contributed by atoms with E-state index in [2.05, 4.69) is 10.5 Å². The quantitative estimate of drug-likeness (QED) is 0.665. The van der Waals surface area contributed by atoms with Crippen LogP contribution < -0.4 is 5.32 Å². The highest BCUT2D eigenvalue weighted by Gasteiger charge is 2.07. The smallest absolute Gasteiger partial charge is 0.138 e. The van der Waals surface area contributed by atoms with Gasteiger partial charge in [-0.1, -0.05) is 18.0 Å². The van der Waals surface area contributed by atoms with Crippen molar-refractivity contribution in [1.82, 2.24) is 10.5 Å². The molecule has 0 aliphatic carbocycles. The second-order valence-electron chi connectivity index (χ2n) is 4.12. The van der Waals surface area contributed by atoms with Gasteiger partial charge in [0, 0.05) is 18.7 Å². The van der Waals surface area contributed by atoms with Crippen molar-refractivity contribution in [3.63, 3.8) is 0 Å². The Hall–Kier alpha value is -0.870. The number of aryl methyl sites for hydroxylation is 2. The van der Waals surface area contributed by atoms with Gasteiger partial charge in [0.15, 0.2) is 0 Å². The van der Waals surface area contributed by atoms with E-state index in [1.54, 1.807) is 0 Å². The van der Waals surface area contributed by atoms with Gasteiger partial charge in [0.25, 0.3) is 0 Å². The van der Waals surface area contributed by atoms with Crippen LogP contribution in [0.15, 0.2) is 4.52 Å². The Labute approximate surface area is 97.0 Å². The lowest BCUT2D eigenvalue weighted by Gasteiger charge is -2.04. The molecule has 1 heterocycles. The minimum Gasteiger partial charge on any atom is -0.396 e. The molecule has 4 nitrogen and oxygen atoms in total. The van der Waals surface area contributed by atoms with Crippen molar-refractivity contribution in [2.24, 2.45) is 0 Å². The van der Waals surface area contributed by atoms with Gasteiger partial charge >= 0.3 is 0 Å². The van der Waals surface area contributed by atoms with Crippen LogP contribution in [0.1, 0.15) is 42.7 Å². The van der Waals surface area contributed by atoms with Gasteiger partial charge in [-0.2, -0.15) is 0 Å². The molecular formula is C12H22N2O2. The predicted molar refractivity (Wildman–Crippen MR) is 63.2 cm³/mol. The Bertz CT molecular complexity index is 278. The standard InChI is InChI=1S/C12H22N2O2/c1-10-12(11(2)16-14-10)9-13-7-5-3-4-6-8-15/h13,15H,3-9H2,1-2H3. The molecule has 4 heteroatoms. The summed E-state index contributed by atoms with van der Waals surface area (Å²) in [5.74, 6) is 0.908. The summed E-state index contributed by atoms with van der Waals surface area (Å²) in [4.78, 5) is 0. The monoisotopic (exact) mass is 226 g/mol. The predicted octanol–water partition coefficient (Wildman–Crippen LogP) is 1.93. The molecule has 0 aromatic carbocycles. The van der Waals surface area contributed by atoms with Gasteiger partial charge in [-0.05, 0) is 33.2 Å². The van der Waals surface area contributed by atoms with E-state index >= 15 is 0 Å². The van der Waals surface area contributed by atoms with E-state index in [0.717, 1.165) is 43.8 Å². The zero-order valence-electron chi connectivity index (χ0n) is 10.3. The molecule has 1 rings (SSSR count). The molecule has 0 unspecified atom stereocenters. The largest absolute Gasteiger partial charge is 0.396 e. The summed E-state index contributed by atoms with van der Waals surface area (Å²) in [5.41, 5.74) is 2.15. The van der Waals surface area contributed by atoms with E-state index in [1.807, 2.05) is 13.8 Å². The molecule has 0 saturated heterocycles. The van der Waals surface area contributed by atoms with E-state index < -0.39 is 0 Å². The van der Waals surface area contributed by atoms with Gasteiger partial charge in [0.05, 0.1) is 5.69 Å². The molecule has 0 aliphatic rings. The third-order valence-corrected chi connectivity index (χ3v) is 2.74. The van der Waals surface area contributed by atoms with Gasteiger partial charge < -0.3 is 14.9 Å². The lowest BCUT2D eigenvalue weighted by atomic mass is 10.2. The average Bonchev–Trinajstić information content (AvgIpc) is 2.59. The fourth-order valence-electron chi connectivity index (χ4n) is 1.68.